The number of nitrogens with zero attached hydrogens (tertiary/aromatic N) is 4. The number of amides is 4. The first-order valence-electron chi connectivity index (χ1n) is 16.0. The summed E-state index contributed by atoms with van der Waals surface area (Å²) in [7, 11) is 5.16. The van der Waals surface area contributed by atoms with Crippen LogP contribution in [0.15, 0.2) is 18.2 Å². The van der Waals surface area contributed by atoms with E-state index in [4.69, 9.17) is 18.9 Å². The molecule has 0 aromatic heterocycles. The molecule has 0 saturated carbocycles. The third-order valence-corrected chi connectivity index (χ3v) is 9.02. The molecular formula is C33H50N4O8. The Kier molecular flexibility index (Phi) is 11.2. The van der Waals surface area contributed by atoms with Crippen molar-refractivity contribution < 1.29 is 38.1 Å². The van der Waals surface area contributed by atoms with Crippen LogP contribution in [-0.4, -0.2) is 122 Å². The zero-order valence-corrected chi connectivity index (χ0v) is 27.8. The monoisotopic (exact) mass is 630 g/mol. The summed E-state index contributed by atoms with van der Waals surface area (Å²) in [5.74, 6) is 0.634. The maximum absolute atomic E-state index is 13.6. The number of hydrogen-bond donors (Lipinski definition) is 0. The highest BCUT2D eigenvalue weighted by Crippen LogP contribution is 2.38. The Hall–Kier alpha value is -3.54. The van der Waals surface area contributed by atoms with Crippen molar-refractivity contribution in [2.24, 2.45) is 5.41 Å². The zero-order valence-electron chi connectivity index (χ0n) is 27.8. The number of hydrogen-bond acceptors (Lipinski definition) is 8. The Bertz CT molecular complexity index is 1220. The highest BCUT2D eigenvalue weighted by Gasteiger charge is 2.38. The van der Waals surface area contributed by atoms with Crippen LogP contribution in [0.1, 0.15) is 76.1 Å². The molecule has 1 spiro atoms. The topological polar surface area (TPSA) is 118 Å². The lowest BCUT2D eigenvalue weighted by atomic mass is 9.75. The average molecular weight is 631 g/mol. The molecule has 1 atom stereocenters. The molecule has 0 aliphatic carbocycles. The fourth-order valence-corrected chi connectivity index (χ4v) is 6.16. The number of carbonyl (C=O) groups excluding carboxylic acids is 4. The molecule has 0 N–H and O–H groups in total. The first kappa shape index (κ1) is 34.3. The van der Waals surface area contributed by atoms with Gasteiger partial charge in [-0.05, 0) is 82.9 Å². The number of fused-ring (bicyclic) bond motifs is 1. The molecule has 4 rings (SSSR count). The normalized spacial score (nSPS) is 21.2. The average Bonchev–Trinajstić information content (AvgIpc) is 3.47. The van der Waals surface area contributed by atoms with Crippen molar-refractivity contribution in [1.82, 2.24) is 19.6 Å². The van der Waals surface area contributed by atoms with E-state index in [1.54, 1.807) is 54.0 Å². The van der Waals surface area contributed by atoms with Crippen molar-refractivity contribution in [3.8, 4) is 11.5 Å². The van der Waals surface area contributed by atoms with Gasteiger partial charge in [0.15, 0.2) is 11.5 Å². The maximum atomic E-state index is 13.6. The van der Waals surface area contributed by atoms with E-state index in [2.05, 4.69) is 0 Å². The number of carbonyl (C=O) groups is 4. The van der Waals surface area contributed by atoms with Gasteiger partial charge >= 0.3 is 6.09 Å². The van der Waals surface area contributed by atoms with Gasteiger partial charge in [0.05, 0.1) is 6.61 Å². The number of piperidine rings is 1. The van der Waals surface area contributed by atoms with E-state index < -0.39 is 11.6 Å². The van der Waals surface area contributed by atoms with Gasteiger partial charge in [0, 0.05) is 52.9 Å². The van der Waals surface area contributed by atoms with Crippen LogP contribution in [0.5, 0.6) is 11.5 Å². The van der Waals surface area contributed by atoms with Crippen LogP contribution in [0.3, 0.4) is 0 Å². The van der Waals surface area contributed by atoms with E-state index in [1.165, 1.54) is 4.90 Å². The lowest BCUT2D eigenvalue weighted by molar-refractivity contribution is -0.147. The first-order chi connectivity index (χ1) is 21.3. The van der Waals surface area contributed by atoms with Gasteiger partial charge in [-0.2, -0.15) is 0 Å². The molecule has 1 aromatic carbocycles. The lowest BCUT2D eigenvalue weighted by Crippen LogP contribution is -2.50. The molecule has 1 aromatic rings. The number of likely N-dealkylation sites (tertiary alicyclic amines) is 1. The van der Waals surface area contributed by atoms with Crippen LogP contribution in [-0.2, 0) is 19.1 Å². The molecule has 45 heavy (non-hydrogen) atoms. The molecule has 3 aliphatic heterocycles. The minimum atomic E-state index is -0.660. The molecule has 0 unspecified atom stereocenters. The van der Waals surface area contributed by atoms with Crippen LogP contribution in [0.25, 0.3) is 0 Å². The van der Waals surface area contributed by atoms with E-state index in [1.807, 2.05) is 20.8 Å². The largest absolute Gasteiger partial charge is 0.454 e. The van der Waals surface area contributed by atoms with Gasteiger partial charge in [-0.15, -0.1) is 0 Å². The highest BCUT2D eigenvalue weighted by molar-refractivity contribution is 5.94. The van der Waals surface area contributed by atoms with Crippen LogP contribution in [0.4, 0.5) is 4.79 Å². The van der Waals surface area contributed by atoms with Crippen molar-refractivity contribution in [2.75, 3.05) is 67.3 Å². The Labute approximate surface area is 266 Å². The summed E-state index contributed by atoms with van der Waals surface area (Å²) in [5, 5.41) is 0. The van der Waals surface area contributed by atoms with E-state index in [0.29, 0.717) is 62.7 Å². The highest BCUT2D eigenvalue weighted by atomic mass is 16.7. The minimum absolute atomic E-state index is 0.116. The second kappa shape index (κ2) is 14.7. The Morgan fingerprint density at radius 3 is 2.44 bits per heavy atom. The van der Waals surface area contributed by atoms with Gasteiger partial charge in [0.2, 0.25) is 18.6 Å². The summed E-state index contributed by atoms with van der Waals surface area (Å²) in [4.78, 5) is 59.1. The minimum Gasteiger partial charge on any atom is -0.454 e. The smallest absolute Gasteiger partial charge is 0.410 e. The Morgan fingerprint density at radius 1 is 1.02 bits per heavy atom. The molecule has 12 heteroatoms. The number of ether oxygens (including phenoxy) is 4. The van der Waals surface area contributed by atoms with Crippen molar-refractivity contribution in [3.05, 3.63) is 23.8 Å². The number of benzene rings is 1. The Morgan fingerprint density at radius 2 is 1.73 bits per heavy atom. The summed E-state index contributed by atoms with van der Waals surface area (Å²) in [6, 6.07) is 4.45. The summed E-state index contributed by atoms with van der Waals surface area (Å²) in [5.41, 5.74) is -0.184. The molecule has 0 bridgehead atoms. The van der Waals surface area contributed by atoms with Crippen LogP contribution in [0, 0.1) is 5.41 Å². The van der Waals surface area contributed by atoms with Gasteiger partial charge in [0.25, 0.3) is 5.91 Å². The predicted molar refractivity (Wildman–Crippen MR) is 167 cm³/mol. The third-order valence-electron chi connectivity index (χ3n) is 9.02. The fraction of sp³-hybridized carbons (Fsp3) is 0.697. The standard InChI is InChI=1S/C33H50N4O8/c1-32(2,3)45-31(41)37-18-14-33(15-19-37)13-7-8-16-35(5)30(40)25(36(6)28(38)21-42-22-33)10-9-17-34(4)29(39)24-11-12-26-27(20-24)44-23-43-26/h11-12,20,25H,7-10,13-19,21-23H2,1-6H3/t25-/m0/s1. The second-order valence-corrected chi connectivity index (χ2v) is 13.6. The Balaban J connectivity index is 1.33. The van der Waals surface area contributed by atoms with Crippen LogP contribution < -0.4 is 9.47 Å². The third kappa shape index (κ3) is 9.02. The number of rotatable bonds is 5. The van der Waals surface area contributed by atoms with Gasteiger partial charge in [-0.25, -0.2) is 4.79 Å². The summed E-state index contributed by atoms with van der Waals surface area (Å²) >= 11 is 0. The van der Waals surface area contributed by atoms with Crippen molar-refractivity contribution in [1.29, 1.82) is 0 Å². The van der Waals surface area contributed by atoms with Crippen LogP contribution >= 0.6 is 0 Å². The summed E-state index contributed by atoms with van der Waals surface area (Å²) < 4.78 is 22.3. The SMILES string of the molecule is CN(CCC[C@H]1C(=O)N(C)CCCCC2(CCN(C(=O)OC(C)(C)C)CC2)COCC(=O)N1C)C(=O)c1ccc2c(c1)OCO2. The molecule has 3 heterocycles. The summed E-state index contributed by atoms with van der Waals surface area (Å²) in [6.07, 6.45) is 4.83. The van der Waals surface area contributed by atoms with Gasteiger partial charge in [-0.1, -0.05) is 6.42 Å². The van der Waals surface area contributed by atoms with Crippen LogP contribution in [0.2, 0.25) is 0 Å². The molecule has 3 aliphatic rings. The zero-order chi connectivity index (χ0) is 32.8. The fourth-order valence-electron chi connectivity index (χ4n) is 6.16. The quantitative estimate of drug-likeness (QED) is 0.483. The summed E-state index contributed by atoms with van der Waals surface area (Å²) in [6.45, 7) is 8.20. The van der Waals surface area contributed by atoms with Crippen molar-refractivity contribution in [2.45, 2.75) is 77.4 Å². The predicted octanol–water partition coefficient (Wildman–Crippen LogP) is 3.77. The van der Waals surface area contributed by atoms with Gasteiger partial charge < -0.3 is 38.5 Å². The van der Waals surface area contributed by atoms with E-state index in [0.717, 1.165) is 32.1 Å². The molecule has 2 fully saturated rings. The van der Waals surface area contributed by atoms with Crippen molar-refractivity contribution in [3.63, 3.8) is 0 Å². The van der Waals surface area contributed by atoms with Crippen molar-refractivity contribution >= 4 is 23.8 Å². The molecule has 250 valence electrons. The molecule has 2 saturated heterocycles. The first-order valence-corrected chi connectivity index (χ1v) is 16.0. The lowest BCUT2D eigenvalue weighted by Gasteiger charge is -2.42. The molecule has 12 nitrogen and oxygen atoms in total. The van der Waals surface area contributed by atoms with Gasteiger partial charge in [0.1, 0.15) is 18.2 Å². The van der Waals surface area contributed by atoms with E-state index >= 15 is 0 Å². The molecule has 0 radical (unpaired) electrons. The second-order valence-electron chi connectivity index (χ2n) is 13.6. The number of likely N-dealkylation sites (N-methyl/N-ethyl adjacent to an activating group) is 2. The maximum Gasteiger partial charge on any atom is 0.410 e. The van der Waals surface area contributed by atoms with E-state index in [-0.39, 0.29) is 42.6 Å². The molecule has 4 amide bonds. The van der Waals surface area contributed by atoms with Gasteiger partial charge in [-0.3, -0.25) is 14.4 Å². The molecular weight excluding hydrogens is 580 g/mol. The van der Waals surface area contributed by atoms with E-state index in [9.17, 15) is 19.2 Å².